The fourth-order valence-electron chi connectivity index (χ4n) is 4.48. The number of rotatable bonds is 7. The van der Waals surface area contributed by atoms with Crippen LogP contribution in [0.1, 0.15) is 23.2 Å². The number of imidazole rings is 1. The van der Waals surface area contributed by atoms with E-state index in [2.05, 4.69) is 19.4 Å². The number of hydrogen-bond donors (Lipinski definition) is 1. The fraction of sp³-hybridized carbons (Fsp3) is 0.160. The van der Waals surface area contributed by atoms with Gasteiger partial charge in [0.25, 0.3) is 17.5 Å². The number of nitro benzene ring substituents is 1. The van der Waals surface area contributed by atoms with E-state index in [0.717, 1.165) is 29.6 Å². The number of benzene rings is 2. The van der Waals surface area contributed by atoms with Crippen LogP contribution in [0.3, 0.4) is 0 Å². The Balaban J connectivity index is 1.61. The topological polar surface area (TPSA) is 112 Å². The van der Waals surface area contributed by atoms with E-state index in [1.807, 2.05) is 43.6 Å². The minimum Gasteiger partial charge on any atom is -0.347 e. The monoisotopic (exact) mass is 455 g/mol. The highest BCUT2D eigenvalue weighted by Crippen LogP contribution is 2.38. The predicted molar refractivity (Wildman–Crippen MR) is 127 cm³/mol. The van der Waals surface area contributed by atoms with Crippen LogP contribution in [0.4, 0.5) is 5.69 Å². The quantitative estimate of drug-likeness (QED) is 0.259. The molecule has 3 heterocycles. The summed E-state index contributed by atoms with van der Waals surface area (Å²) in [5.74, 6) is -1.20. The molecule has 2 aromatic heterocycles. The second-order valence-electron chi connectivity index (χ2n) is 8.14. The molecule has 0 radical (unpaired) electrons. The summed E-state index contributed by atoms with van der Waals surface area (Å²) in [7, 11) is 0. The van der Waals surface area contributed by atoms with Crippen molar-refractivity contribution in [2.45, 2.75) is 26.4 Å². The third kappa shape index (κ3) is 3.57. The number of carbonyl (C=O) groups is 2. The Hall–Kier alpha value is -4.53. The molecule has 0 unspecified atom stereocenters. The molecule has 2 amide bonds. The van der Waals surface area contributed by atoms with E-state index in [1.165, 1.54) is 18.2 Å². The molecule has 34 heavy (non-hydrogen) atoms. The molecule has 1 N–H and O–H groups in total. The average Bonchev–Trinajstić information content (AvgIpc) is 3.49. The molecule has 5 rings (SSSR count). The van der Waals surface area contributed by atoms with Crippen molar-refractivity contribution in [1.82, 2.24) is 19.4 Å². The standard InChI is InChI=1S/C25H21N5O4/c1-16-13-26-15-29(16)12-6-11-28-14-19(17-7-2-4-9-20(17)28)23-22(24(31)27-25(23)32)18-8-3-5-10-21(18)30(33)34/h2-5,7-10,13-15H,6,11-12H2,1H3,(H,27,31,32). The number of nitrogens with one attached hydrogen (secondary N) is 1. The SMILES string of the molecule is Cc1cncn1CCCn1cc(C2=C(c3ccccc3[N+](=O)[O-])C(=O)NC2=O)c2ccccc21. The van der Waals surface area contributed by atoms with Crippen molar-refractivity contribution in [3.63, 3.8) is 0 Å². The third-order valence-corrected chi connectivity index (χ3v) is 6.08. The first kappa shape index (κ1) is 21.3. The first-order valence-corrected chi connectivity index (χ1v) is 10.8. The number of carbonyl (C=O) groups excluding carboxylic acids is 2. The molecule has 0 bridgehead atoms. The number of amides is 2. The molecule has 0 saturated heterocycles. The Kier molecular flexibility index (Phi) is 5.29. The van der Waals surface area contributed by atoms with Crippen molar-refractivity contribution >= 4 is 39.6 Å². The molecule has 9 heteroatoms. The highest BCUT2D eigenvalue weighted by molar-refractivity contribution is 6.50. The predicted octanol–water partition coefficient (Wildman–Crippen LogP) is 3.71. The summed E-state index contributed by atoms with van der Waals surface area (Å²) >= 11 is 0. The summed E-state index contributed by atoms with van der Waals surface area (Å²) in [6.07, 6.45) is 6.30. The molecule has 0 atom stereocenters. The van der Waals surface area contributed by atoms with Crippen LogP contribution < -0.4 is 5.32 Å². The number of hydrogen-bond acceptors (Lipinski definition) is 5. The summed E-state index contributed by atoms with van der Waals surface area (Å²) in [6.45, 7) is 3.47. The Bertz CT molecular complexity index is 1490. The lowest BCUT2D eigenvalue weighted by Gasteiger charge is -2.07. The van der Waals surface area contributed by atoms with E-state index >= 15 is 0 Å². The Labute approximate surface area is 194 Å². The summed E-state index contributed by atoms with van der Waals surface area (Å²) in [5, 5.41) is 14.8. The van der Waals surface area contributed by atoms with Crippen molar-refractivity contribution in [1.29, 1.82) is 0 Å². The van der Waals surface area contributed by atoms with Gasteiger partial charge in [0.1, 0.15) is 0 Å². The number of nitro groups is 1. The zero-order valence-electron chi connectivity index (χ0n) is 18.4. The van der Waals surface area contributed by atoms with E-state index in [-0.39, 0.29) is 22.4 Å². The normalized spacial score (nSPS) is 13.7. The second kappa shape index (κ2) is 8.43. The van der Waals surface area contributed by atoms with Crippen LogP contribution in [0.25, 0.3) is 22.0 Å². The molecule has 0 spiro atoms. The summed E-state index contributed by atoms with van der Waals surface area (Å²) in [5.41, 5.74) is 2.65. The van der Waals surface area contributed by atoms with Gasteiger partial charge in [0.05, 0.1) is 28.0 Å². The number of nitrogens with zero attached hydrogens (tertiary/aromatic N) is 4. The number of para-hydroxylation sites is 2. The van der Waals surface area contributed by atoms with E-state index in [0.29, 0.717) is 12.1 Å². The van der Waals surface area contributed by atoms with Crippen LogP contribution in [-0.4, -0.2) is 30.9 Å². The van der Waals surface area contributed by atoms with Crippen LogP contribution in [0.15, 0.2) is 67.3 Å². The Morgan fingerprint density at radius 3 is 2.35 bits per heavy atom. The molecule has 9 nitrogen and oxygen atoms in total. The van der Waals surface area contributed by atoms with Crippen molar-refractivity contribution in [2.75, 3.05) is 0 Å². The zero-order chi connectivity index (χ0) is 23.8. The van der Waals surface area contributed by atoms with Gasteiger partial charge in [0.2, 0.25) is 0 Å². The van der Waals surface area contributed by atoms with Crippen LogP contribution in [0, 0.1) is 17.0 Å². The van der Waals surface area contributed by atoms with Gasteiger partial charge in [-0.2, -0.15) is 0 Å². The number of aryl methyl sites for hydroxylation is 3. The number of fused-ring (bicyclic) bond motifs is 1. The van der Waals surface area contributed by atoms with Gasteiger partial charge in [-0.15, -0.1) is 0 Å². The first-order valence-electron chi connectivity index (χ1n) is 10.8. The molecular weight excluding hydrogens is 434 g/mol. The highest BCUT2D eigenvalue weighted by atomic mass is 16.6. The lowest BCUT2D eigenvalue weighted by molar-refractivity contribution is -0.385. The fourth-order valence-corrected chi connectivity index (χ4v) is 4.48. The maximum Gasteiger partial charge on any atom is 0.277 e. The highest BCUT2D eigenvalue weighted by Gasteiger charge is 2.36. The molecule has 1 aliphatic rings. The van der Waals surface area contributed by atoms with Crippen molar-refractivity contribution < 1.29 is 14.5 Å². The van der Waals surface area contributed by atoms with Crippen molar-refractivity contribution in [2.24, 2.45) is 0 Å². The maximum atomic E-state index is 12.9. The van der Waals surface area contributed by atoms with E-state index in [1.54, 1.807) is 12.4 Å². The lowest BCUT2D eigenvalue weighted by atomic mass is 9.95. The molecule has 0 aliphatic carbocycles. The van der Waals surface area contributed by atoms with Gasteiger partial charge in [-0.25, -0.2) is 4.98 Å². The van der Waals surface area contributed by atoms with Gasteiger partial charge in [-0.1, -0.05) is 30.3 Å². The van der Waals surface area contributed by atoms with Crippen LogP contribution in [0.5, 0.6) is 0 Å². The van der Waals surface area contributed by atoms with Crippen molar-refractivity contribution in [3.05, 3.63) is 94.2 Å². The zero-order valence-corrected chi connectivity index (χ0v) is 18.4. The molecular formula is C25H21N5O4. The smallest absolute Gasteiger partial charge is 0.277 e. The van der Waals surface area contributed by atoms with Crippen LogP contribution >= 0.6 is 0 Å². The van der Waals surface area contributed by atoms with Gasteiger partial charge in [0.15, 0.2) is 0 Å². The summed E-state index contributed by atoms with van der Waals surface area (Å²) in [4.78, 5) is 41.0. The van der Waals surface area contributed by atoms with Crippen LogP contribution in [0.2, 0.25) is 0 Å². The second-order valence-corrected chi connectivity index (χ2v) is 8.14. The molecule has 1 aliphatic heterocycles. The minimum atomic E-state index is -0.637. The molecule has 0 saturated carbocycles. The van der Waals surface area contributed by atoms with Crippen molar-refractivity contribution in [3.8, 4) is 0 Å². The lowest BCUT2D eigenvalue weighted by Crippen LogP contribution is -2.22. The number of aromatic nitrogens is 3. The van der Waals surface area contributed by atoms with Gasteiger partial charge in [-0.05, 0) is 25.5 Å². The molecule has 0 fully saturated rings. The number of imide groups is 1. The maximum absolute atomic E-state index is 12.9. The van der Waals surface area contributed by atoms with Gasteiger partial charge in [0, 0.05) is 53.7 Å². The van der Waals surface area contributed by atoms with Gasteiger partial charge < -0.3 is 9.13 Å². The Morgan fingerprint density at radius 2 is 1.62 bits per heavy atom. The van der Waals surface area contributed by atoms with E-state index in [4.69, 9.17) is 0 Å². The third-order valence-electron chi connectivity index (χ3n) is 6.08. The molecule has 170 valence electrons. The Morgan fingerprint density at radius 1 is 0.941 bits per heavy atom. The van der Waals surface area contributed by atoms with Gasteiger partial charge >= 0.3 is 0 Å². The van der Waals surface area contributed by atoms with Gasteiger partial charge in [-0.3, -0.25) is 25.0 Å². The van der Waals surface area contributed by atoms with E-state index < -0.39 is 16.7 Å². The van der Waals surface area contributed by atoms with Crippen LogP contribution in [-0.2, 0) is 22.7 Å². The summed E-state index contributed by atoms with van der Waals surface area (Å²) < 4.78 is 4.13. The van der Waals surface area contributed by atoms with E-state index in [9.17, 15) is 19.7 Å². The first-order chi connectivity index (χ1) is 16.5. The average molecular weight is 455 g/mol. The largest absolute Gasteiger partial charge is 0.347 e. The minimum absolute atomic E-state index is 0.0224. The summed E-state index contributed by atoms with van der Waals surface area (Å²) in [6, 6.07) is 13.6. The molecule has 2 aromatic carbocycles. The molecule has 4 aromatic rings.